The third kappa shape index (κ3) is 4.65. The summed E-state index contributed by atoms with van der Waals surface area (Å²) < 4.78 is 0. The van der Waals surface area contributed by atoms with E-state index in [2.05, 4.69) is 10.3 Å². The molecule has 21 heavy (non-hydrogen) atoms. The van der Waals surface area contributed by atoms with Gasteiger partial charge in [0.2, 0.25) is 5.91 Å². The second-order valence-corrected chi connectivity index (χ2v) is 6.34. The van der Waals surface area contributed by atoms with Gasteiger partial charge in [-0.3, -0.25) is 4.79 Å². The van der Waals surface area contributed by atoms with Gasteiger partial charge in [-0.05, 0) is 19.4 Å². The van der Waals surface area contributed by atoms with Gasteiger partial charge in [0, 0.05) is 18.3 Å². The van der Waals surface area contributed by atoms with Gasteiger partial charge in [-0.1, -0.05) is 30.3 Å². The fraction of sp³-hybridized carbons (Fsp3) is 0.375. The van der Waals surface area contributed by atoms with E-state index in [1.54, 1.807) is 18.3 Å². The molecule has 2 rings (SSSR count). The van der Waals surface area contributed by atoms with Crippen molar-refractivity contribution in [2.45, 2.75) is 32.3 Å². The Morgan fingerprint density at radius 2 is 2.10 bits per heavy atom. The molecule has 0 saturated carbocycles. The van der Waals surface area contributed by atoms with E-state index in [4.69, 9.17) is 0 Å². The first kappa shape index (κ1) is 15.7. The van der Waals surface area contributed by atoms with Crippen LogP contribution in [0.3, 0.4) is 0 Å². The summed E-state index contributed by atoms with van der Waals surface area (Å²) in [4.78, 5) is 16.3. The summed E-state index contributed by atoms with van der Waals surface area (Å²) in [6, 6.07) is 9.24. The highest BCUT2D eigenvalue weighted by molar-refractivity contribution is 7.09. The number of aromatic nitrogens is 1. The number of aliphatic hydroxyl groups is 1. The third-order valence-corrected chi connectivity index (χ3v) is 4.09. The largest absolute Gasteiger partial charge is 0.385 e. The maximum atomic E-state index is 11.9. The number of carbonyl (C=O) groups excluding carboxylic acids is 1. The van der Waals surface area contributed by atoms with Crippen molar-refractivity contribution in [3.63, 3.8) is 0 Å². The zero-order valence-corrected chi connectivity index (χ0v) is 13.1. The van der Waals surface area contributed by atoms with Crippen LogP contribution in [0.4, 0.5) is 0 Å². The Balaban J connectivity index is 1.81. The molecule has 0 aliphatic carbocycles. The van der Waals surface area contributed by atoms with Gasteiger partial charge in [-0.15, -0.1) is 11.3 Å². The summed E-state index contributed by atoms with van der Waals surface area (Å²) in [5, 5.41) is 16.3. The van der Waals surface area contributed by atoms with Crippen molar-refractivity contribution in [1.29, 1.82) is 0 Å². The molecule has 112 valence electrons. The highest BCUT2D eigenvalue weighted by atomic mass is 32.1. The number of benzene rings is 1. The molecule has 0 bridgehead atoms. The average Bonchev–Trinajstić information content (AvgIpc) is 2.85. The second-order valence-electron chi connectivity index (χ2n) is 5.27. The molecule has 1 aromatic heterocycles. The lowest BCUT2D eigenvalue weighted by Crippen LogP contribution is -2.33. The summed E-state index contributed by atoms with van der Waals surface area (Å²) in [6.07, 6.45) is 0.761. The Morgan fingerprint density at radius 1 is 1.38 bits per heavy atom. The molecule has 0 aliphatic rings. The second kappa shape index (κ2) is 6.83. The van der Waals surface area contributed by atoms with Crippen LogP contribution in [0.2, 0.25) is 0 Å². The van der Waals surface area contributed by atoms with Crippen molar-refractivity contribution in [2.24, 2.45) is 0 Å². The summed E-state index contributed by atoms with van der Waals surface area (Å²) in [7, 11) is 0. The van der Waals surface area contributed by atoms with Gasteiger partial charge in [0.1, 0.15) is 0 Å². The van der Waals surface area contributed by atoms with Crippen LogP contribution in [0.1, 0.15) is 29.6 Å². The quantitative estimate of drug-likeness (QED) is 0.861. The molecule has 2 N–H and O–H groups in total. The first-order valence-electron chi connectivity index (χ1n) is 6.93. The van der Waals surface area contributed by atoms with E-state index in [1.165, 1.54) is 0 Å². The zero-order chi connectivity index (χ0) is 15.3. The molecule has 4 nitrogen and oxygen atoms in total. The predicted octanol–water partition coefficient (Wildman–Crippen LogP) is 2.41. The first-order valence-corrected chi connectivity index (χ1v) is 7.81. The minimum absolute atomic E-state index is 0.0487. The van der Waals surface area contributed by atoms with Crippen molar-refractivity contribution in [3.05, 3.63) is 52.0 Å². The Bertz CT molecular complexity index is 593. The number of nitrogens with one attached hydrogen (secondary N) is 1. The van der Waals surface area contributed by atoms with Crippen LogP contribution in [0, 0.1) is 6.92 Å². The molecule has 0 aliphatic heterocycles. The van der Waals surface area contributed by atoms with Crippen LogP contribution >= 0.6 is 11.3 Å². The molecule has 0 fully saturated rings. The monoisotopic (exact) mass is 304 g/mol. The minimum atomic E-state index is -1.15. The summed E-state index contributed by atoms with van der Waals surface area (Å²) in [5.41, 5.74) is 0.589. The van der Waals surface area contributed by atoms with E-state index < -0.39 is 5.60 Å². The highest BCUT2D eigenvalue weighted by Crippen LogP contribution is 2.23. The van der Waals surface area contributed by atoms with E-state index in [-0.39, 0.29) is 12.3 Å². The van der Waals surface area contributed by atoms with Gasteiger partial charge in [0.15, 0.2) is 0 Å². The summed E-state index contributed by atoms with van der Waals surface area (Å²) in [6.45, 7) is 4.16. The molecular formula is C16H20N2O2S. The predicted molar refractivity (Wildman–Crippen MR) is 84.2 cm³/mol. The number of hydrogen-bond donors (Lipinski definition) is 2. The molecule has 1 unspecified atom stereocenters. The van der Waals surface area contributed by atoms with Crippen LogP contribution in [-0.2, 0) is 16.8 Å². The van der Waals surface area contributed by atoms with Crippen molar-refractivity contribution >= 4 is 17.2 Å². The standard InChI is InChI=1S/C16H20N2O2S/c1-12-18-14(11-21-12)8-9-17-15(19)10-16(2,20)13-6-4-3-5-7-13/h3-7,11,20H,8-10H2,1-2H3,(H,17,19). The van der Waals surface area contributed by atoms with Crippen LogP contribution in [0.15, 0.2) is 35.7 Å². The molecule has 2 aromatic rings. The number of aryl methyl sites for hydroxylation is 1. The zero-order valence-electron chi connectivity index (χ0n) is 12.3. The van der Waals surface area contributed by atoms with Gasteiger partial charge >= 0.3 is 0 Å². The fourth-order valence-electron chi connectivity index (χ4n) is 2.13. The van der Waals surface area contributed by atoms with Gasteiger partial charge in [0.25, 0.3) is 0 Å². The lowest BCUT2D eigenvalue weighted by Gasteiger charge is -2.23. The number of amides is 1. The van der Waals surface area contributed by atoms with Gasteiger partial charge in [-0.25, -0.2) is 4.98 Å². The Kier molecular flexibility index (Phi) is 5.09. The average molecular weight is 304 g/mol. The topological polar surface area (TPSA) is 62.2 Å². The van der Waals surface area contributed by atoms with Crippen LogP contribution in [0.25, 0.3) is 0 Å². The minimum Gasteiger partial charge on any atom is -0.385 e. The van der Waals surface area contributed by atoms with E-state index >= 15 is 0 Å². The number of nitrogens with zero attached hydrogens (tertiary/aromatic N) is 1. The van der Waals surface area contributed by atoms with E-state index in [0.717, 1.165) is 16.3 Å². The van der Waals surface area contributed by atoms with Crippen LogP contribution in [0.5, 0.6) is 0 Å². The number of thiazole rings is 1. The Hall–Kier alpha value is -1.72. The molecule has 0 radical (unpaired) electrons. The summed E-state index contributed by atoms with van der Waals surface area (Å²) in [5.74, 6) is -0.157. The lowest BCUT2D eigenvalue weighted by atomic mass is 9.92. The van der Waals surface area contributed by atoms with Crippen molar-refractivity contribution in [1.82, 2.24) is 10.3 Å². The van der Waals surface area contributed by atoms with E-state index in [0.29, 0.717) is 13.0 Å². The number of rotatable bonds is 6. The van der Waals surface area contributed by atoms with Gasteiger partial charge < -0.3 is 10.4 Å². The molecule has 1 heterocycles. The van der Waals surface area contributed by atoms with Gasteiger partial charge in [-0.2, -0.15) is 0 Å². The molecule has 5 heteroatoms. The van der Waals surface area contributed by atoms with Crippen LogP contribution in [-0.4, -0.2) is 22.5 Å². The fourth-order valence-corrected chi connectivity index (χ4v) is 2.77. The van der Waals surface area contributed by atoms with Crippen molar-refractivity contribution in [3.8, 4) is 0 Å². The van der Waals surface area contributed by atoms with Gasteiger partial charge in [0.05, 0.1) is 22.7 Å². The maximum absolute atomic E-state index is 11.9. The first-order chi connectivity index (χ1) is 9.97. The van der Waals surface area contributed by atoms with Crippen LogP contribution < -0.4 is 5.32 Å². The summed E-state index contributed by atoms with van der Waals surface area (Å²) >= 11 is 1.61. The maximum Gasteiger partial charge on any atom is 0.223 e. The Morgan fingerprint density at radius 3 is 2.71 bits per heavy atom. The highest BCUT2D eigenvalue weighted by Gasteiger charge is 2.26. The molecular weight excluding hydrogens is 284 g/mol. The molecule has 1 amide bonds. The molecule has 1 atom stereocenters. The van der Waals surface area contributed by atoms with Crippen molar-refractivity contribution < 1.29 is 9.90 Å². The number of carbonyl (C=O) groups is 1. The normalized spacial score (nSPS) is 13.7. The lowest BCUT2D eigenvalue weighted by molar-refractivity contribution is -0.125. The number of hydrogen-bond acceptors (Lipinski definition) is 4. The van der Waals surface area contributed by atoms with Crippen molar-refractivity contribution in [2.75, 3.05) is 6.54 Å². The van der Waals surface area contributed by atoms with E-state index in [9.17, 15) is 9.90 Å². The molecule has 1 aromatic carbocycles. The third-order valence-electron chi connectivity index (χ3n) is 3.27. The SMILES string of the molecule is Cc1nc(CCNC(=O)CC(C)(O)c2ccccc2)cs1. The smallest absolute Gasteiger partial charge is 0.223 e. The Labute approximate surface area is 128 Å². The molecule has 0 spiro atoms. The van der Waals surface area contributed by atoms with E-state index in [1.807, 2.05) is 42.6 Å². The molecule has 0 saturated heterocycles.